The largest absolute Gasteiger partial charge is 0.479 e. The predicted octanol–water partition coefficient (Wildman–Crippen LogP) is 1.82. The van der Waals surface area contributed by atoms with Crippen LogP contribution in [0.3, 0.4) is 0 Å². The highest BCUT2D eigenvalue weighted by Crippen LogP contribution is 2.32. The number of nitrogens with one attached hydrogen (secondary N) is 1. The average Bonchev–Trinajstić information content (AvgIpc) is 3.29. The fourth-order valence-electron chi connectivity index (χ4n) is 4.13. The van der Waals surface area contributed by atoms with E-state index in [-0.39, 0.29) is 25.1 Å². The fourth-order valence-corrected chi connectivity index (χ4v) is 5.36. The molecule has 0 bridgehead atoms. The highest BCUT2D eigenvalue weighted by Gasteiger charge is 2.41. The summed E-state index contributed by atoms with van der Waals surface area (Å²) in [5.74, 6) is -3.40. The Balaban J connectivity index is 1.69. The molecule has 1 saturated heterocycles. The number of hydrogen-bond donors (Lipinski definition) is 3. The molecule has 2 aromatic rings. The monoisotopic (exact) mass is 522 g/mol. The van der Waals surface area contributed by atoms with Crippen LogP contribution < -0.4 is 5.32 Å². The van der Waals surface area contributed by atoms with Gasteiger partial charge in [-0.05, 0) is 30.5 Å². The highest BCUT2D eigenvalue weighted by molar-refractivity contribution is 7.91. The number of carboxylic acids is 1. The van der Waals surface area contributed by atoms with Crippen molar-refractivity contribution in [3.05, 3.63) is 59.1 Å². The fraction of sp³-hybridized carbons (Fsp3) is 0.375. The van der Waals surface area contributed by atoms with E-state index in [4.69, 9.17) is 11.6 Å². The van der Waals surface area contributed by atoms with Crippen LogP contribution in [0.15, 0.2) is 48.5 Å². The topological polar surface area (TPSA) is 141 Å². The Kier molecular flexibility index (Phi) is 7.88. The molecular formula is C24H27ClN2O7S. The van der Waals surface area contributed by atoms with Crippen molar-refractivity contribution in [2.75, 3.05) is 19.3 Å². The van der Waals surface area contributed by atoms with Gasteiger partial charge < -0.3 is 20.4 Å². The molecule has 3 atom stereocenters. The quantitative estimate of drug-likeness (QED) is 0.471. The molecule has 11 heteroatoms. The molecule has 0 radical (unpaired) electrons. The van der Waals surface area contributed by atoms with E-state index in [1.165, 1.54) is 19.1 Å². The van der Waals surface area contributed by atoms with Crippen LogP contribution in [0, 0.1) is 0 Å². The number of aliphatic hydroxyl groups is 1. The number of aliphatic carboxylic acids is 1. The van der Waals surface area contributed by atoms with E-state index < -0.39 is 50.9 Å². The van der Waals surface area contributed by atoms with Crippen LogP contribution in [0.5, 0.6) is 0 Å². The van der Waals surface area contributed by atoms with Crippen molar-refractivity contribution in [3.63, 3.8) is 0 Å². The van der Waals surface area contributed by atoms with Crippen molar-refractivity contribution >= 4 is 39.2 Å². The summed E-state index contributed by atoms with van der Waals surface area (Å²) in [5.41, 5.74) is -0.747. The zero-order valence-corrected chi connectivity index (χ0v) is 20.8. The molecule has 3 rings (SSSR count). The van der Waals surface area contributed by atoms with Gasteiger partial charge in [-0.2, -0.15) is 0 Å². The maximum absolute atomic E-state index is 12.5. The molecule has 188 valence electrons. The van der Waals surface area contributed by atoms with Crippen molar-refractivity contribution in [3.8, 4) is 11.1 Å². The Morgan fingerprint density at radius 3 is 2.34 bits per heavy atom. The second kappa shape index (κ2) is 10.3. The van der Waals surface area contributed by atoms with Gasteiger partial charge in [0, 0.05) is 42.4 Å². The lowest BCUT2D eigenvalue weighted by molar-refractivity contribution is -0.161. The summed E-state index contributed by atoms with van der Waals surface area (Å²) < 4.78 is 23.4. The summed E-state index contributed by atoms with van der Waals surface area (Å²) in [6, 6.07) is 12.5. The maximum Gasteiger partial charge on any atom is 0.340 e. The second-order valence-electron chi connectivity index (χ2n) is 8.79. The van der Waals surface area contributed by atoms with E-state index in [0.717, 1.165) is 22.3 Å². The zero-order chi connectivity index (χ0) is 26.0. The van der Waals surface area contributed by atoms with Gasteiger partial charge in [0.15, 0.2) is 15.4 Å². The van der Waals surface area contributed by atoms with E-state index in [2.05, 4.69) is 5.32 Å². The Hall–Kier alpha value is -2.95. The molecule has 3 unspecified atom stereocenters. The van der Waals surface area contributed by atoms with Gasteiger partial charge in [0.1, 0.15) is 0 Å². The van der Waals surface area contributed by atoms with E-state index >= 15 is 0 Å². The lowest BCUT2D eigenvalue weighted by Gasteiger charge is -2.28. The Morgan fingerprint density at radius 1 is 1.17 bits per heavy atom. The van der Waals surface area contributed by atoms with E-state index in [9.17, 15) is 33.0 Å². The number of benzene rings is 2. The van der Waals surface area contributed by atoms with Crippen LogP contribution in [-0.2, 0) is 29.8 Å². The third kappa shape index (κ3) is 6.01. The molecule has 2 amide bonds. The van der Waals surface area contributed by atoms with Crippen LogP contribution in [-0.4, -0.2) is 72.0 Å². The minimum Gasteiger partial charge on any atom is -0.479 e. The van der Waals surface area contributed by atoms with Crippen LogP contribution in [0.25, 0.3) is 11.1 Å². The first-order valence-electron chi connectivity index (χ1n) is 10.9. The first kappa shape index (κ1) is 26.7. The average molecular weight is 523 g/mol. The van der Waals surface area contributed by atoms with E-state index in [1.54, 1.807) is 24.3 Å². The Morgan fingerprint density at radius 2 is 1.80 bits per heavy atom. The van der Waals surface area contributed by atoms with Crippen LogP contribution in [0.4, 0.5) is 0 Å². The predicted molar refractivity (Wildman–Crippen MR) is 130 cm³/mol. The van der Waals surface area contributed by atoms with Crippen molar-refractivity contribution in [1.82, 2.24) is 10.2 Å². The molecule has 9 nitrogen and oxygen atoms in total. The number of nitrogens with zero attached hydrogens (tertiary/aromatic N) is 1. The van der Waals surface area contributed by atoms with E-state index in [1.807, 2.05) is 12.1 Å². The number of amides is 2. The Labute approximate surface area is 208 Å². The molecule has 3 N–H and O–H groups in total. The standard InChI is InChI=1S/C24H27ClN2O7S/c1-15(26-21(28)22(29)27-12-11-18(14-27)35(2,33)34)13-24(32,23(30)31)17-9-7-16(8-10-17)19-5-3-4-6-20(19)25/h3-10,15,18,32H,11-14H2,1-2H3,(H,26,28)(H,30,31). The van der Waals surface area contributed by atoms with Gasteiger partial charge in [-0.15, -0.1) is 0 Å². The summed E-state index contributed by atoms with van der Waals surface area (Å²) in [4.78, 5) is 38.0. The van der Waals surface area contributed by atoms with Crippen molar-refractivity contribution < 1.29 is 33.0 Å². The van der Waals surface area contributed by atoms with Gasteiger partial charge in [0.05, 0.1) is 5.25 Å². The number of carboxylic acid groups (broad SMARTS) is 1. The molecule has 1 aliphatic rings. The molecule has 35 heavy (non-hydrogen) atoms. The van der Waals surface area contributed by atoms with Crippen LogP contribution in [0.2, 0.25) is 5.02 Å². The van der Waals surface area contributed by atoms with Gasteiger partial charge in [0.25, 0.3) is 0 Å². The first-order valence-corrected chi connectivity index (χ1v) is 13.3. The molecule has 1 fully saturated rings. The van der Waals surface area contributed by atoms with E-state index in [0.29, 0.717) is 5.02 Å². The van der Waals surface area contributed by atoms with Crippen LogP contribution >= 0.6 is 11.6 Å². The number of hydrogen-bond acceptors (Lipinski definition) is 6. The third-order valence-electron chi connectivity index (χ3n) is 6.11. The molecule has 2 aromatic carbocycles. The molecule has 1 aliphatic heterocycles. The third-order valence-corrected chi connectivity index (χ3v) is 8.04. The summed E-state index contributed by atoms with van der Waals surface area (Å²) in [6.45, 7) is 1.53. The van der Waals surface area contributed by atoms with Crippen LogP contribution in [0.1, 0.15) is 25.3 Å². The number of likely N-dealkylation sites (tertiary alicyclic amines) is 1. The number of halogens is 1. The van der Waals surface area contributed by atoms with Gasteiger partial charge >= 0.3 is 17.8 Å². The molecule has 0 spiro atoms. The summed E-state index contributed by atoms with van der Waals surface area (Å²) in [5, 5.41) is 23.0. The lowest BCUT2D eigenvalue weighted by atomic mass is 9.86. The molecule has 0 aliphatic carbocycles. The molecule has 0 aromatic heterocycles. The zero-order valence-electron chi connectivity index (χ0n) is 19.3. The summed E-state index contributed by atoms with van der Waals surface area (Å²) in [7, 11) is -3.34. The number of sulfone groups is 1. The minimum atomic E-state index is -3.34. The SMILES string of the molecule is CC(CC(O)(C(=O)O)c1ccc(-c2ccccc2Cl)cc1)NC(=O)C(=O)N1CCC(S(C)(=O)=O)C1. The maximum atomic E-state index is 12.5. The second-order valence-corrected chi connectivity index (χ2v) is 11.5. The smallest absolute Gasteiger partial charge is 0.340 e. The van der Waals surface area contributed by atoms with Gasteiger partial charge in [0.2, 0.25) is 0 Å². The van der Waals surface area contributed by atoms with Crippen molar-refractivity contribution in [1.29, 1.82) is 0 Å². The normalized spacial score (nSPS) is 18.5. The summed E-state index contributed by atoms with van der Waals surface area (Å²) >= 11 is 6.21. The van der Waals surface area contributed by atoms with Gasteiger partial charge in [-0.1, -0.05) is 54.1 Å². The molecule has 1 heterocycles. The number of carbonyl (C=O) groups excluding carboxylic acids is 2. The highest BCUT2D eigenvalue weighted by atomic mass is 35.5. The van der Waals surface area contributed by atoms with Crippen molar-refractivity contribution in [2.24, 2.45) is 0 Å². The van der Waals surface area contributed by atoms with Gasteiger partial charge in [-0.3, -0.25) is 9.59 Å². The Bertz CT molecular complexity index is 1230. The first-order chi connectivity index (χ1) is 16.3. The van der Waals surface area contributed by atoms with Gasteiger partial charge in [-0.25, -0.2) is 13.2 Å². The number of rotatable bonds is 7. The summed E-state index contributed by atoms with van der Waals surface area (Å²) in [6.07, 6.45) is 0.927. The lowest BCUT2D eigenvalue weighted by Crippen LogP contribution is -2.48. The molecular weight excluding hydrogens is 496 g/mol. The number of carbonyl (C=O) groups is 3. The minimum absolute atomic E-state index is 0.0731. The molecule has 0 saturated carbocycles. The van der Waals surface area contributed by atoms with Crippen molar-refractivity contribution in [2.45, 2.75) is 36.7 Å².